The summed E-state index contributed by atoms with van der Waals surface area (Å²) in [5.74, 6) is -2.10. The third-order valence-corrected chi connectivity index (χ3v) is 5.23. The Kier molecular flexibility index (Phi) is 6.93. The molecule has 25 heavy (non-hydrogen) atoms. The summed E-state index contributed by atoms with van der Waals surface area (Å²) >= 11 is 11.8. The smallest absolute Gasteiger partial charge is 0.233 e. The fourth-order valence-electron chi connectivity index (χ4n) is 2.22. The van der Waals surface area contributed by atoms with Crippen molar-refractivity contribution in [2.45, 2.75) is 18.7 Å². The van der Waals surface area contributed by atoms with Gasteiger partial charge in [-0.2, -0.15) is 0 Å². The minimum atomic E-state index is -1.49. The molecular weight excluding hydrogens is 391 g/mol. The number of hydrogen-bond acceptors (Lipinski definition) is 2. The molecule has 0 aliphatic carbocycles. The largest absolute Gasteiger partial charge is 0.349 e. The van der Waals surface area contributed by atoms with Crippen LogP contribution in [0.1, 0.15) is 24.1 Å². The van der Waals surface area contributed by atoms with Gasteiger partial charge in [0.1, 0.15) is 17.4 Å². The van der Waals surface area contributed by atoms with Gasteiger partial charge in [-0.1, -0.05) is 35.3 Å². The molecule has 0 bridgehead atoms. The van der Waals surface area contributed by atoms with Crippen LogP contribution in [0.4, 0.5) is 8.78 Å². The standard InChI is InChI=1S/C17H15Cl2F2NO2S/c1-10(14-5-4-13(20)7-16(14)21)22-17(23)9-25(24)8-11-2-3-12(18)6-15(11)19/h2-7,10H,8-9H2,1H3,(H,22,23). The van der Waals surface area contributed by atoms with E-state index in [1.165, 1.54) is 12.1 Å². The van der Waals surface area contributed by atoms with Gasteiger partial charge in [0.2, 0.25) is 5.91 Å². The quantitative estimate of drug-likeness (QED) is 0.773. The van der Waals surface area contributed by atoms with Gasteiger partial charge in [0, 0.05) is 32.5 Å². The van der Waals surface area contributed by atoms with Crippen LogP contribution in [0.5, 0.6) is 0 Å². The van der Waals surface area contributed by atoms with Crippen molar-refractivity contribution in [2.24, 2.45) is 0 Å². The maximum Gasteiger partial charge on any atom is 0.233 e. The first-order valence-electron chi connectivity index (χ1n) is 7.29. The minimum absolute atomic E-state index is 0.0999. The van der Waals surface area contributed by atoms with E-state index in [9.17, 15) is 17.8 Å². The molecule has 1 N–H and O–H groups in total. The van der Waals surface area contributed by atoms with Crippen LogP contribution in [0, 0.1) is 11.6 Å². The van der Waals surface area contributed by atoms with Crippen molar-refractivity contribution in [3.8, 4) is 0 Å². The third kappa shape index (κ3) is 5.76. The van der Waals surface area contributed by atoms with Crippen molar-refractivity contribution in [1.29, 1.82) is 0 Å². The van der Waals surface area contributed by atoms with Gasteiger partial charge in [0.15, 0.2) is 0 Å². The highest BCUT2D eigenvalue weighted by atomic mass is 35.5. The van der Waals surface area contributed by atoms with Crippen LogP contribution >= 0.6 is 23.2 Å². The topological polar surface area (TPSA) is 46.2 Å². The van der Waals surface area contributed by atoms with Crippen LogP contribution in [0.2, 0.25) is 10.0 Å². The van der Waals surface area contributed by atoms with Crippen LogP contribution < -0.4 is 5.32 Å². The Hall–Kier alpha value is -1.50. The third-order valence-electron chi connectivity index (χ3n) is 3.43. The fourth-order valence-corrected chi connectivity index (χ4v) is 3.85. The van der Waals surface area contributed by atoms with E-state index in [-0.39, 0.29) is 17.1 Å². The van der Waals surface area contributed by atoms with Gasteiger partial charge >= 0.3 is 0 Å². The van der Waals surface area contributed by atoms with Crippen LogP contribution in [-0.4, -0.2) is 15.9 Å². The molecule has 134 valence electrons. The number of carbonyl (C=O) groups excluding carboxylic acids is 1. The summed E-state index contributed by atoms with van der Waals surface area (Å²) in [6, 6.07) is 7.26. The zero-order valence-corrected chi connectivity index (χ0v) is 15.5. The summed E-state index contributed by atoms with van der Waals surface area (Å²) in [6.07, 6.45) is 0. The lowest BCUT2D eigenvalue weighted by atomic mass is 10.1. The number of carbonyl (C=O) groups is 1. The van der Waals surface area contributed by atoms with E-state index in [0.29, 0.717) is 15.6 Å². The van der Waals surface area contributed by atoms with Gasteiger partial charge in [-0.3, -0.25) is 9.00 Å². The van der Waals surface area contributed by atoms with Crippen molar-refractivity contribution in [2.75, 3.05) is 5.75 Å². The number of hydrogen-bond donors (Lipinski definition) is 1. The lowest BCUT2D eigenvalue weighted by molar-refractivity contribution is -0.119. The van der Waals surface area contributed by atoms with E-state index in [2.05, 4.69) is 5.32 Å². The van der Waals surface area contributed by atoms with E-state index < -0.39 is 34.4 Å². The number of nitrogens with one attached hydrogen (secondary N) is 1. The number of amides is 1. The maximum absolute atomic E-state index is 13.7. The van der Waals surface area contributed by atoms with Gasteiger partial charge < -0.3 is 5.32 Å². The summed E-state index contributed by atoms with van der Waals surface area (Å²) < 4.78 is 38.7. The fraction of sp³-hybridized carbons (Fsp3) is 0.235. The molecule has 0 heterocycles. The van der Waals surface area contributed by atoms with Gasteiger partial charge in [0.05, 0.1) is 11.8 Å². The second-order valence-electron chi connectivity index (χ2n) is 5.42. The van der Waals surface area contributed by atoms with E-state index in [1.54, 1.807) is 19.1 Å². The number of benzene rings is 2. The van der Waals surface area contributed by atoms with E-state index in [0.717, 1.165) is 12.1 Å². The Labute approximate surface area is 156 Å². The van der Waals surface area contributed by atoms with Crippen molar-refractivity contribution >= 4 is 39.9 Å². The molecule has 8 heteroatoms. The van der Waals surface area contributed by atoms with Gasteiger partial charge in [0.25, 0.3) is 0 Å². The summed E-state index contributed by atoms with van der Waals surface area (Å²) in [5, 5.41) is 3.39. The minimum Gasteiger partial charge on any atom is -0.349 e. The molecule has 0 fully saturated rings. The monoisotopic (exact) mass is 405 g/mol. The highest BCUT2D eigenvalue weighted by Crippen LogP contribution is 2.22. The first-order valence-corrected chi connectivity index (χ1v) is 9.54. The van der Waals surface area contributed by atoms with Crippen LogP contribution in [0.3, 0.4) is 0 Å². The molecule has 3 nitrogen and oxygen atoms in total. The molecule has 2 rings (SSSR count). The molecule has 0 spiro atoms. The van der Waals surface area contributed by atoms with Crippen molar-refractivity contribution in [3.63, 3.8) is 0 Å². The lowest BCUT2D eigenvalue weighted by Crippen LogP contribution is -2.31. The predicted octanol–water partition coefficient (Wildman–Crippen LogP) is 4.40. The molecule has 0 saturated carbocycles. The molecule has 0 aliphatic heterocycles. The Balaban J connectivity index is 1.93. The molecule has 2 unspecified atom stereocenters. The average molecular weight is 406 g/mol. The Morgan fingerprint density at radius 1 is 1.20 bits per heavy atom. The van der Waals surface area contributed by atoms with Crippen molar-refractivity contribution in [3.05, 3.63) is 69.2 Å². The SMILES string of the molecule is CC(NC(=O)CS(=O)Cc1ccc(Cl)cc1Cl)c1ccc(F)cc1F. The first kappa shape index (κ1) is 19.8. The molecule has 0 aliphatic rings. The van der Waals surface area contributed by atoms with Crippen LogP contribution in [0.25, 0.3) is 0 Å². The van der Waals surface area contributed by atoms with E-state index >= 15 is 0 Å². The molecule has 2 aromatic rings. The Morgan fingerprint density at radius 3 is 2.56 bits per heavy atom. The number of rotatable bonds is 6. The second-order valence-corrected chi connectivity index (χ2v) is 7.72. The molecule has 2 aromatic carbocycles. The highest BCUT2D eigenvalue weighted by Gasteiger charge is 2.16. The molecule has 0 aromatic heterocycles. The zero-order valence-electron chi connectivity index (χ0n) is 13.2. The lowest BCUT2D eigenvalue weighted by Gasteiger charge is -2.15. The van der Waals surface area contributed by atoms with Crippen molar-refractivity contribution in [1.82, 2.24) is 5.32 Å². The molecule has 1 amide bonds. The van der Waals surface area contributed by atoms with Gasteiger partial charge in [-0.25, -0.2) is 8.78 Å². The van der Waals surface area contributed by atoms with Crippen LogP contribution in [-0.2, 0) is 21.3 Å². The Bertz CT molecular complexity index is 817. The molecule has 0 saturated heterocycles. The molecule has 0 radical (unpaired) electrons. The van der Waals surface area contributed by atoms with Crippen LogP contribution in [0.15, 0.2) is 36.4 Å². The average Bonchev–Trinajstić information content (AvgIpc) is 2.49. The Morgan fingerprint density at radius 2 is 1.92 bits per heavy atom. The predicted molar refractivity (Wildman–Crippen MR) is 96.1 cm³/mol. The number of halogens is 4. The summed E-state index contributed by atoms with van der Waals surface area (Å²) in [6.45, 7) is 1.56. The van der Waals surface area contributed by atoms with E-state index in [4.69, 9.17) is 23.2 Å². The first-order chi connectivity index (χ1) is 11.8. The van der Waals surface area contributed by atoms with Crippen molar-refractivity contribution < 1.29 is 17.8 Å². The normalized spacial score (nSPS) is 13.3. The summed E-state index contributed by atoms with van der Waals surface area (Å²) in [5.41, 5.74) is 0.774. The summed E-state index contributed by atoms with van der Waals surface area (Å²) in [7, 11) is -1.49. The zero-order chi connectivity index (χ0) is 18.6. The van der Waals surface area contributed by atoms with Gasteiger partial charge in [-0.15, -0.1) is 0 Å². The second kappa shape index (κ2) is 8.74. The molecule has 2 atom stereocenters. The maximum atomic E-state index is 13.7. The molecular formula is C17H15Cl2F2NO2S. The van der Waals surface area contributed by atoms with Gasteiger partial charge in [-0.05, 0) is 30.7 Å². The highest BCUT2D eigenvalue weighted by molar-refractivity contribution is 7.84. The van der Waals surface area contributed by atoms with E-state index in [1.807, 2.05) is 0 Å². The summed E-state index contributed by atoms with van der Waals surface area (Å²) in [4.78, 5) is 12.0.